The molecule has 5 nitrogen and oxygen atoms in total. The highest BCUT2D eigenvalue weighted by Gasteiger charge is 2.21. The highest BCUT2D eigenvalue weighted by Crippen LogP contribution is 2.19. The number of allylic oxidation sites excluding steroid dienone is 2. The van der Waals surface area contributed by atoms with E-state index in [1.54, 1.807) is 0 Å². The molecule has 1 aromatic carbocycles. The Labute approximate surface area is 211 Å². The largest absolute Gasteiger partial charge is 0.480 e. The molecule has 0 aliphatic rings. The summed E-state index contributed by atoms with van der Waals surface area (Å²) in [4.78, 5) is 27.2. The van der Waals surface area contributed by atoms with Crippen molar-refractivity contribution in [1.82, 2.24) is 10.3 Å². The van der Waals surface area contributed by atoms with Crippen LogP contribution in [0.25, 0.3) is 10.9 Å². The number of aliphatic carboxylic acids is 1. The summed E-state index contributed by atoms with van der Waals surface area (Å²) in [5, 5.41) is 13.3. The second kappa shape index (κ2) is 17.8. The second-order valence-electron chi connectivity index (χ2n) is 9.71. The lowest BCUT2D eigenvalue weighted by Crippen LogP contribution is -2.42. The molecule has 0 saturated carbocycles. The van der Waals surface area contributed by atoms with Gasteiger partial charge in [-0.15, -0.1) is 0 Å². The number of benzene rings is 1. The van der Waals surface area contributed by atoms with Gasteiger partial charge in [0.05, 0.1) is 0 Å². The van der Waals surface area contributed by atoms with E-state index in [-0.39, 0.29) is 12.3 Å². The molecule has 2 rings (SSSR count). The number of aromatic nitrogens is 1. The fourth-order valence-electron chi connectivity index (χ4n) is 4.52. The zero-order valence-electron chi connectivity index (χ0n) is 21.7. The molecule has 0 fully saturated rings. The van der Waals surface area contributed by atoms with Crippen molar-refractivity contribution in [3.63, 3.8) is 0 Å². The molecular weight excluding hydrogens is 436 g/mol. The normalized spacial score (nSPS) is 12.4. The van der Waals surface area contributed by atoms with Crippen LogP contribution in [0.1, 0.15) is 109 Å². The molecule has 194 valence electrons. The van der Waals surface area contributed by atoms with E-state index in [1.165, 1.54) is 64.2 Å². The Balaban J connectivity index is 1.49. The fraction of sp³-hybridized carbons (Fsp3) is 0.600. The van der Waals surface area contributed by atoms with Crippen molar-refractivity contribution < 1.29 is 14.7 Å². The summed E-state index contributed by atoms with van der Waals surface area (Å²) in [7, 11) is 0. The first-order chi connectivity index (χ1) is 17.1. The number of carbonyl (C=O) groups excluding carboxylic acids is 1. The van der Waals surface area contributed by atoms with Gasteiger partial charge < -0.3 is 15.4 Å². The summed E-state index contributed by atoms with van der Waals surface area (Å²) in [6.07, 6.45) is 24.4. The van der Waals surface area contributed by atoms with E-state index in [0.29, 0.717) is 6.42 Å². The molecule has 35 heavy (non-hydrogen) atoms. The van der Waals surface area contributed by atoms with Gasteiger partial charge in [-0.25, -0.2) is 4.79 Å². The lowest BCUT2D eigenvalue weighted by atomic mass is 10.0. The minimum absolute atomic E-state index is 0.175. The Hall–Kier alpha value is -2.56. The third kappa shape index (κ3) is 12.1. The van der Waals surface area contributed by atoms with Crippen molar-refractivity contribution in [2.24, 2.45) is 0 Å². The van der Waals surface area contributed by atoms with Gasteiger partial charge in [0.1, 0.15) is 6.04 Å². The number of para-hydroxylation sites is 1. The summed E-state index contributed by atoms with van der Waals surface area (Å²) in [6.45, 7) is 2.26. The van der Waals surface area contributed by atoms with Crippen LogP contribution in [0.5, 0.6) is 0 Å². The van der Waals surface area contributed by atoms with E-state index < -0.39 is 12.0 Å². The van der Waals surface area contributed by atoms with Gasteiger partial charge in [-0.05, 0) is 43.7 Å². The zero-order valence-corrected chi connectivity index (χ0v) is 21.7. The third-order valence-electron chi connectivity index (χ3n) is 6.65. The Morgan fingerprint density at radius 2 is 1.49 bits per heavy atom. The molecule has 1 heterocycles. The van der Waals surface area contributed by atoms with E-state index in [9.17, 15) is 14.7 Å². The zero-order chi connectivity index (χ0) is 25.1. The molecule has 2 aromatic rings. The van der Waals surface area contributed by atoms with Crippen molar-refractivity contribution in [1.29, 1.82) is 0 Å². The van der Waals surface area contributed by atoms with Gasteiger partial charge in [0.15, 0.2) is 0 Å². The lowest BCUT2D eigenvalue weighted by Gasteiger charge is -2.14. The van der Waals surface area contributed by atoms with E-state index in [1.807, 2.05) is 30.5 Å². The van der Waals surface area contributed by atoms with Crippen molar-refractivity contribution in [2.45, 2.75) is 116 Å². The molecule has 0 unspecified atom stereocenters. The number of H-pyrrole nitrogens is 1. The van der Waals surface area contributed by atoms with Gasteiger partial charge in [0.25, 0.3) is 0 Å². The number of carboxylic acid groups (broad SMARTS) is 1. The predicted molar refractivity (Wildman–Crippen MR) is 146 cm³/mol. The lowest BCUT2D eigenvalue weighted by molar-refractivity contribution is -0.141. The molecular formula is C30H46N2O3. The van der Waals surface area contributed by atoms with E-state index in [2.05, 4.69) is 29.4 Å². The van der Waals surface area contributed by atoms with Crippen LogP contribution >= 0.6 is 0 Å². The molecule has 0 saturated heterocycles. The highest BCUT2D eigenvalue weighted by atomic mass is 16.4. The topological polar surface area (TPSA) is 82.2 Å². The highest BCUT2D eigenvalue weighted by molar-refractivity contribution is 5.86. The van der Waals surface area contributed by atoms with Gasteiger partial charge in [-0.1, -0.05) is 95.1 Å². The number of hydrogen-bond donors (Lipinski definition) is 3. The van der Waals surface area contributed by atoms with Gasteiger partial charge in [0, 0.05) is 29.9 Å². The average molecular weight is 483 g/mol. The number of hydrogen-bond acceptors (Lipinski definition) is 2. The Bertz CT molecular complexity index is 887. The van der Waals surface area contributed by atoms with Crippen LogP contribution in [0.3, 0.4) is 0 Å². The first-order valence-corrected chi connectivity index (χ1v) is 13.8. The maximum absolute atomic E-state index is 12.3. The van der Waals surface area contributed by atoms with Crippen LogP contribution in [0.15, 0.2) is 42.6 Å². The van der Waals surface area contributed by atoms with Gasteiger partial charge in [-0.2, -0.15) is 0 Å². The standard InChI is InChI=1S/C30H46N2O3/c1-2-3-4-5-6-7-8-9-10-11-12-13-14-15-16-17-22-29(33)32-28(30(34)35)23-25-24-31-27-21-19-18-20-26(25)27/h10-11,18-21,24,28,31H,2-9,12-17,22-23H2,1H3,(H,32,33)(H,34,35)/b11-10-/t28-/m0/s1. The maximum atomic E-state index is 12.3. The van der Waals surface area contributed by atoms with Gasteiger partial charge in [0.2, 0.25) is 5.91 Å². The van der Waals surface area contributed by atoms with Crippen molar-refractivity contribution in [2.75, 3.05) is 0 Å². The number of unbranched alkanes of at least 4 members (excludes halogenated alkanes) is 12. The SMILES string of the molecule is CCCCCCCCC/C=C\CCCCCCCC(=O)N[C@@H](Cc1c[nH]c2ccccc12)C(=O)O. The number of amides is 1. The number of carbonyl (C=O) groups is 2. The monoisotopic (exact) mass is 482 g/mol. The number of aromatic amines is 1. The Kier molecular flexibility index (Phi) is 14.6. The van der Waals surface area contributed by atoms with Crippen LogP contribution in [-0.2, 0) is 16.0 Å². The molecule has 5 heteroatoms. The molecule has 0 radical (unpaired) electrons. The molecule has 3 N–H and O–H groups in total. The van der Waals surface area contributed by atoms with Crippen LogP contribution in [0, 0.1) is 0 Å². The number of rotatable bonds is 20. The number of fused-ring (bicyclic) bond motifs is 1. The number of carboxylic acids is 1. The summed E-state index contributed by atoms with van der Waals surface area (Å²) in [6, 6.07) is 6.89. The molecule has 0 aliphatic carbocycles. The van der Waals surface area contributed by atoms with Crippen LogP contribution < -0.4 is 5.32 Å². The van der Waals surface area contributed by atoms with Crippen LogP contribution in [-0.4, -0.2) is 28.0 Å². The summed E-state index contributed by atoms with van der Waals surface area (Å²) >= 11 is 0. The Morgan fingerprint density at radius 1 is 0.886 bits per heavy atom. The number of nitrogens with one attached hydrogen (secondary N) is 2. The van der Waals surface area contributed by atoms with E-state index in [0.717, 1.165) is 42.1 Å². The van der Waals surface area contributed by atoms with E-state index >= 15 is 0 Å². The minimum atomic E-state index is -0.997. The third-order valence-corrected chi connectivity index (χ3v) is 6.65. The molecule has 1 amide bonds. The average Bonchev–Trinajstić information content (AvgIpc) is 3.26. The smallest absolute Gasteiger partial charge is 0.326 e. The van der Waals surface area contributed by atoms with Gasteiger partial charge >= 0.3 is 5.97 Å². The molecule has 1 atom stereocenters. The predicted octanol–water partition coefficient (Wildman–Crippen LogP) is 7.71. The van der Waals surface area contributed by atoms with E-state index in [4.69, 9.17) is 0 Å². The second-order valence-corrected chi connectivity index (χ2v) is 9.71. The first-order valence-electron chi connectivity index (χ1n) is 13.8. The van der Waals surface area contributed by atoms with Crippen molar-refractivity contribution in [3.8, 4) is 0 Å². The van der Waals surface area contributed by atoms with Gasteiger partial charge in [-0.3, -0.25) is 4.79 Å². The Morgan fingerprint density at radius 3 is 2.14 bits per heavy atom. The maximum Gasteiger partial charge on any atom is 0.326 e. The summed E-state index contributed by atoms with van der Waals surface area (Å²) < 4.78 is 0. The summed E-state index contributed by atoms with van der Waals surface area (Å²) in [5.41, 5.74) is 1.88. The first kappa shape index (κ1) is 28.7. The molecule has 1 aromatic heterocycles. The molecule has 0 aliphatic heterocycles. The minimum Gasteiger partial charge on any atom is -0.480 e. The van der Waals surface area contributed by atoms with Crippen LogP contribution in [0.4, 0.5) is 0 Å². The molecule has 0 spiro atoms. The van der Waals surface area contributed by atoms with Crippen molar-refractivity contribution >= 4 is 22.8 Å². The summed E-state index contributed by atoms with van der Waals surface area (Å²) in [5.74, 6) is -1.17. The van der Waals surface area contributed by atoms with Crippen LogP contribution in [0.2, 0.25) is 0 Å². The fourth-order valence-corrected chi connectivity index (χ4v) is 4.52. The van der Waals surface area contributed by atoms with Crippen molar-refractivity contribution in [3.05, 3.63) is 48.2 Å². The molecule has 0 bridgehead atoms. The quantitative estimate of drug-likeness (QED) is 0.133.